The van der Waals surface area contributed by atoms with Crippen LogP contribution in [0.1, 0.15) is 51.4 Å². The summed E-state index contributed by atoms with van der Waals surface area (Å²) in [5, 5.41) is 0. The van der Waals surface area contributed by atoms with Crippen molar-refractivity contribution < 1.29 is 9.53 Å². The van der Waals surface area contributed by atoms with Gasteiger partial charge in [0.1, 0.15) is 0 Å². The molecule has 3 fully saturated rings. The Morgan fingerprint density at radius 3 is 2.54 bits per heavy atom. The molecule has 154 valence electrons. The molecule has 7 heteroatoms. The molecule has 2 heterocycles. The summed E-state index contributed by atoms with van der Waals surface area (Å²) in [6.07, 6.45) is 8.92. The quantitative estimate of drug-likeness (QED) is 0.684. The van der Waals surface area contributed by atoms with Crippen molar-refractivity contribution in [3.8, 4) is 0 Å². The fourth-order valence-corrected chi connectivity index (χ4v) is 5.00. The van der Waals surface area contributed by atoms with Crippen molar-refractivity contribution in [2.75, 3.05) is 39.9 Å². The van der Waals surface area contributed by atoms with Crippen LogP contribution in [0.5, 0.6) is 0 Å². The Hall–Kier alpha value is -0.0700. The van der Waals surface area contributed by atoms with Gasteiger partial charge in [-0.1, -0.05) is 0 Å². The summed E-state index contributed by atoms with van der Waals surface area (Å²) in [6, 6.07) is 0.913. The van der Waals surface area contributed by atoms with Crippen LogP contribution in [0.4, 0.5) is 0 Å². The molecule has 3 rings (SSSR count). The zero-order chi connectivity index (χ0) is 16.9. The normalized spacial score (nSPS) is 32.4. The molecule has 0 aromatic carbocycles. The van der Waals surface area contributed by atoms with E-state index in [0.717, 1.165) is 51.3 Å². The molecule has 1 saturated carbocycles. The van der Waals surface area contributed by atoms with Crippen LogP contribution in [0.3, 0.4) is 0 Å². The molecule has 1 amide bonds. The monoisotopic (exact) mass is 409 g/mol. The number of likely N-dealkylation sites (tertiary alicyclic amines) is 2. The number of nitrogens with zero attached hydrogens (tertiary/aromatic N) is 2. The molecule has 1 aliphatic carbocycles. The van der Waals surface area contributed by atoms with Gasteiger partial charge in [0.15, 0.2) is 0 Å². The number of rotatable bonds is 6. The van der Waals surface area contributed by atoms with Gasteiger partial charge in [0.2, 0.25) is 5.91 Å². The van der Waals surface area contributed by atoms with Gasteiger partial charge in [0.25, 0.3) is 0 Å². The fraction of sp³-hybridized carbons (Fsp3) is 0.947. The number of carbonyl (C=O) groups excluding carboxylic acids is 1. The molecule has 0 aromatic heterocycles. The molecule has 26 heavy (non-hydrogen) atoms. The highest BCUT2D eigenvalue weighted by atomic mass is 35.5. The average molecular weight is 410 g/mol. The highest BCUT2D eigenvalue weighted by Crippen LogP contribution is 2.33. The lowest BCUT2D eigenvalue weighted by Crippen LogP contribution is -2.56. The number of methoxy groups -OCH3 is 1. The second-order valence-electron chi connectivity index (χ2n) is 8.13. The number of piperidine rings is 2. The lowest BCUT2D eigenvalue weighted by atomic mass is 9.81. The summed E-state index contributed by atoms with van der Waals surface area (Å²) in [7, 11) is 1.73. The number of nitrogens with two attached hydrogens (primary N) is 1. The van der Waals surface area contributed by atoms with Crippen LogP contribution in [-0.4, -0.2) is 67.7 Å². The van der Waals surface area contributed by atoms with Crippen molar-refractivity contribution in [2.45, 2.75) is 63.5 Å². The third-order valence-corrected chi connectivity index (χ3v) is 6.38. The van der Waals surface area contributed by atoms with E-state index < -0.39 is 0 Å². The van der Waals surface area contributed by atoms with Gasteiger partial charge in [-0.25, -0.2) is 0 Å². The van der Waals surface area contributed by atoms with Crippen molar-refractivity contribution in [1.29, 1.82) is 0 Å². The molecular formula is C19H37Cl2N3O2. The first-order chi connectivity index (χ1) is 11.7. The van der Waals surface area contributed by atoms with Gasteiger partial charge in [0.05, 0.1) is 0 Å². The van der Waals surface area contributed by atoms with E-state index in [1.165, 1.54) is 38.8 Å². The SMILES string of the molecule is COCCCN1C(=O)CC[C@H]2CN(CC3CCC(N)CC3)CC[C@H]21.Cl.Cl. The number of halogens is 2. The maximum atomic E-state index is 12.3. The highest BCUT2D eigenvalue weighted by Gasteiger charge is 2.39. The van der Waals surface area contributed by atoms with Crippen molar-refractivity contribution in [3.05, 3.63) is 0 Å². The molecule has 2 atom stereocenters. The van der Waals surface area contributed by atoms with E-state index in [1.807, 2.05) is 0 Å². The van der Waals surface area contributed by atoms with E-state index in [1.54, 1.807) is 7.11 Å². The van der Waals surface area contributed by atoms with Gasteiger partial charge in [-0.15, -0.1) is 24.8 Å². The first-order valence-corrected chi connectivity index (χ1v) is 9.93. The van der Waals surface area contributed by atoms with Gasteiger partial charge in [-0.2, -0.15) is 0 Å². The maximum Gasteiger partial charge on any atom is 0.222 e. The second kappa shape index (κ2) is 11.7. The van der Waals surface area contributed by atoms with E-state index >= 15 is 0 Å². The van der Waals surface area contributed by atoms with Gasteiger partial charge in [-0.3, -0.25) is 4.79 Å². The topological polar surface area (TPSA) is 58.8 Å². The number of hydrogen-bond donors (Lipinski definition) is 1. The van der Waals surface area contributed by atoms with Crippen molar-refractivity contribution >= 4 is 30.7 Å². The second-order valence-corrected chi connectivity index (χ2v) is 8.13. The predicted molar refractivity (Wildman–Crippen MR) is 110 cm³/mol. The van der Waals surface area contributed by atoms with E-state index in [0.29, 0.717) is 23.9 Å². The molecule has 0 aromatic rings. The van der Waals surface area contributed by atoms with E-state index in [2.05, 4.69) is 9.80 Å². The van der Waals surface area contributed by atoms with Crippen molar-refractivity contribution in [1.82, 2.24) is 9.80 Å². The summed E-state index contributed by atoms with van der Waals surface area (Å²) >= 11 is 0. The molecule has 0 bridgehead atoms. The lowest BCUT2D eigenvalue weighted by molar-refractivity contribution is -0.141. The summed E-state index contributed by atoms with van der Waals surface area (Å²) < 4.78 is 5.16. The van der Waals surface area contributed by atoms with Gasteiger partial charge >= 0.3 is 0 Å². The largest absolute Gasteiger partial charge is 0.385 e. The minimum atomic E-state index is 0. The minimum absolute atomic E-state index is 0. The Labute approximate surface area is 171 Å². The number of hydrogen-bond acceptors (Lipinski definition) is 4. The number of ether oxygens (including phenoxy) is 1. The summed E-state index contributed by atoms with van der Waals surface area (Å²) in [6.45, 7) is 5.19. The zero-order valence-electron chi connectivity index (χ0n) is 16.1. The van der Waals surface area contributed by atoms with Crippen LogP contribution in [-0.2, 0) is 9.53 Å². The number of fused-ring (bicyclic) bond motifs is 1. The third kappa shape index (κ3) is 6.23. The van der Waals surface area contributed by atoms with Gasteiger partial charge in [0, 0.05) is 58.4 Å². The van der Waals surface area contributed by atoms with E-state index in [9.17, 15) is 4.79 Å². The van der Waals surface area contributed by atoms with Crippen LogP contribution < -0.4 is 5.73 Å². The van der Waals surface area contributed by atoms with Crippen LogP contribution in [0.2, 0.25) is 0 Å². The maximum absolute atomic E-state index is 12.3. The van der Waals surface area contributed by atoms with Gasteiger partial charge < -0.3 is 20.3 Å². The molecule has 2 aliphatic heterocycles. The number of carbonyl (C=O) groups is 1. The highest BCUT2D eigenvalue weighted by molar-refractivity contribution is 5.85. The molecule has 0 spiro atoms. The van der Waals surface area contributed by atoms with Crippen LogP contribution >= 0.6 is 24.8 Å². The van der Waals surface area contributed by atoms with E-state index in [-0.39, 0.29) is 24.8 Å². The van der Waals surface area contributed by atoms with Crippen LogP contribution in [0.15, 0.2) is 0 Å². The molecule has 2 saturated heterocycles. The molecular weight excluding hydrogens is 373 g/mol. The smallest absolute Gasteiger partial charge is 0.222 e. The first kappa shape index (κ1) is 24.0. The van der Waals surface area contributed by atoms with Crippen molar-refractivity contribution in [2.24, 2.45) is 17.6 Å². The molecule has 0 radical (unpaired) electrons. The molecule has 5 nitrogen and oxygen atoms in total. The predicted octanol–water partition coefficient (Wildman–Crippen LogP) is 2.70. The lowest BCUT2D eigenvalue weighted by Gasteiger charge is -2.48. The third-order valence-electron chi connectivity index (χ3n) is 6.38. The number of amides is 1. The molecule has 0 unspecified atom stereocenters. The first-order valence-electron chi connectivity index (χ1n) is 9.93. The molecule has 2 N–H and O–H groups in total. The standard InChI is InChI=1S/C19H35N3O2.2ClH/c1-24-12-2-10-22-18-9-11-21(14-16(18)5-8-19(22)23)13-15-3-6-17(20)7-4-15;;/h15-18H,2-14,20H2,1H3;2*1H/t15?,16-,17?,18+;;/m0../s1. The zero-order valence-corrected chi connectivity index (χ0v) is 17.7. The molecule has 3 aliphatic rings. The Morgan fingerprint density at radius 1 is 1.12 bits per heavy atom. The summed E-state index contributed by atoms with van der Waals surface area (Å²) in [5.74, 6) is 1.87. The Balaban J connectivity index is 0.00000169. The average Bonchev–Trinajstić information content (AvgIpc) is 2.59. The Kier molecular flexibility index (Phi) is 10.8. The minimum Gasteiger partial charge on any atom is -0.385 e. The summed E-state index contributed by atoms with van der Waals surface area (Å²) in [4.78, 5) is 17.2. The van der Waals surface area contributed by atoms with E-state index in [4.69, 9.17) is 10.5 Å². The van der Waals surface area contributed by atoms with Crippen molar-refractivity contribution in [3.63, 3.8) is 0 Å². The summed E-state index contributed by atoms with van der Waals surface area (Å²) in [5.41, 5.74) is 6.04. The Morgan fingerprint density at radius 2 is 1.85 bits per heavy atom. The fourth-order valence-electron chi connectivity index (χ4n) is 5.00. The van der Waals surface area contributed by atoms with Crippen LogP contribution in [0, 0.1) is 11.8 Å². The van der Waals surface area contributed by atoms with Crippen LogP contribution in [0.25, 0.3) is 0 Å². The Bertz CT molecular complexity index is 420. The van der Waals surface area contributed by atoms with Gasteiger partial charge in [-0.05, 0) is 56.8 Å².